The minimum absolute atomic E-state index is 0.0633. The highest BCUT2D eigenvalue weighted by atomic mass is 16.7. The van der Waals surface area contributed by atoms with E-state index in [4.69, 9.17) is 14.2 Å². The number of rotatable bonds is 4. The van der Waals surface area contributed by atoms with Gasteiger partial charge in [-0.05, 0) is 24.8 Å². The second kappa shape index (κ2) is 7.89. The summed E-state index contributed by atoms with van der Waals surface area (Å²) in [5.74, 6) is -1.18. The SMILES string of the molecule is COC(=O)[C@H](c1ccccc1)N1C[C@@H]2O[C@@H](C(=O)N3CCCCC3)[C@@H](O2)C1=O. The van der Waals surface area contributed by atoms with Crippen molar-refractivity contribution in [3.8, 4) is 0 Å². The van der Waals surface area contributed by atoms with Gasteiger partial charge >= 0.3 is 5.97 Å². The third-order valence-electron chi connectivity index (χ3n) is 5.51. The molecule has 0 N–H and O–H groups in total. The number of benzene rings is 1. The monoisotopic (exact) mass is 388 g/mol. The van der Waals surface area contributed by atoms with Gasteiger partial charge in [-0.25, -0.2) is 4.79 Å². The topological polar surface area (TPSA) is 85.4 Å². The zero-order valence-corrected chi connectivity index (χ0v) is 15.8. The van der Waals surface area contributed by atoms with Gasteiger partial charge in [-0.1, -0.05) is 30.3 Å². The lowest BCUT2D eigenvalue weighted by molar-refractivity contribution is -0.173. The Labute approximate surface area is 163 Å². The lowest BCUT2D eigenvalue weighted by atomic mass is 10.0. The lowest BCUT2D eigenvalue weighted by Crippen LogP contribution is -2.54. The Kier molecular flexibility index (Phi) is 5.32. The number of esters is 1. The lowest BCUT2D eigenvalue weighted by Gasteiger charge is -2.35. The molecule has 0 aromatic heterocycles. The Bertz CT molecular complexity index is 748. The van der Waals surface area contributed by atoms with E-state index < -0.39 is 36.4 Å². The molecule has 1 aromatic rings. The first kappa shape index (κ1) is 18.9. The molecular weight excluding hydrogens is 364 g/mol. The van der Waals surface area contributed by atoms with E-state index in [1.165, 1.54) is 12.0 Å². The summed E-state index contributed by atoms with van der Waals surface area (Å²) in [6, 6.07) is 8.06. The van der Waals surface area contributed by atoms with Crippen molar-refractivity contribution in [3.05, 3.63) is 35.9 Å². The maximum atomic E-state index is 13.2. The van der Waals surface area contributed by atoms with Gasteiger partial charge in [-0.2, -0.15) is 0 Å². The molecule has 3 heterocycles. The molecule has 3 saturated heterocycles. The average Bonchev–Trinajstić information content (AvgIpc) is 3.11. The molecule has 28 heavy (non-hydrogen) atoms. The zero-order chi connectivity index (χ0) is 19.7. The second-order valence-electron chi connectivity index (χ2n) is 7.26. The summed E-state index contributed by atoms with van der Waals surface area (Å²) in [5, 5.41) is 0. The molecule has 1 aromatic carbocycles. The van der Waals surface area contributed by atoms with Crippen LogP contribution in [0.15, 0.2) is 30.3 Å². The normalized spacial score (nSPS) is 28.2. The van der Waals surface area contributed by atoms with Gasteiger partial charge in [0.25, 0.3) is 11.8 Å². The highest BCUT2D eigenvalue weighted by molar-refractivity contribution is 5.94. The van der Waals surface area contributed by atoms with Gasteiger partial charge in [0.2, 0.25) is 0 Å². The van der Waals surface area contributed by atoms with E-state index in [1.54, 1.807) is 29.2 Å². The number of amides is 2. The first-order valence-electron chi connectivity index (χ1n) is 9.63. The number of ether oxygens (including phenoxy) is 3. The summed E-state index contributed by atoms with van der Waals surface area (Å²) in [7, 11) is 1.29. The van der Waals surface area contributed by atoms with Crippen molar-refractivity contribution < 1.29 is 28.6 Å². The number of fused-ring (bicyclic) bond motifs is 2. The molecule has 0 saturated carbocycles. The van der Waals surface area contributed by atoms with Gasteiger partial charge in [0.05, 0.1) is 13.7 Å². The van der Waals surface area contributed by atoms with Crippen LogP contribution in [0.3, 0.4) is 0 Å². The van der Waals surface area contributed by atoms with Crippen LogP contribution < -0.4 is 0 Å². The molecule has 0 unspecified atom stereocenters. The quantitative estimate of drug-likeness (QED) is 0.712. The van der Waals surface area contributed by atoms with E-state index in [0.29, 0.717) is 18.7 Å². The number of piperidine rings is 1. The number of carbonyl (C=O) groups excluding carboxylic acids is 3. The fourth-order valence-corrected chi connectivity index (χ4v) is 4.09. The number of methoxy groups -OCH3 is 1. The highest BCUT2D eigenvalue weighted by Crippen LogP contribution is 2.34. The highest BCUT2D eigenvalue weighted by Gasteiger charge is 2.54. The van der Waals surface area contributed by atoms with Crippen molar-refractivity contribution in [2.45, 2.75) is 43.8 Å². The summed E-state index contributed by atoms with van der Waals surface area (Å²) >= 11 is 0. The summed E-state index contributed by atoms with van der Waals surface area (Å²) in [5.41, 5.74) is 0.642. The average molecular weight is 388 g/mol. The Balaban J connectivity index is 1.57. The smallest absolute Gasteiger partial charge is 0.333 e. The molecule has 3 aliphatic rings. The standard InChI is InChI=1S/C20H24N2O6/c1-26-20(25)15(13-8-4-2-5-9-13)22-12-14-27-16(17(28-14)19(22)24)18(23)21-10-6-3-7-11-21/h2,4-5,8-9,14-17H,3,6-7,10-12H2,1H3/t14-,15+,16-,17-/m1/s1. The minimum atomic E-state index is -1.04. The fraction of sp³-hybridized carbons (Fsp3) is 0.550. The summed E-state index contributed by atoms with van der Waals surface area (Å²) in [6.07, 6.45) is 0.260. The van der Waals surface area contributed by atoms with Gasteiger partial charge in [-0.3, -0.25) is 9.59 Å². The van der Waals surface area contributed by atoms with Crippen LogP contribution in [0.5, 0.6) is 0 Å². The molecule has 8 heteroatoms. The molecule has 8 nitrogen and oxygen atoms in total. The van der Waals surface area contributed by atoms with Gasteiger partial charge in [-0.15, -0.1) is 0 Å². The molecule has 150 valence electrons. The van der Waals surface area contributed by atoms with Crippen molar-refractivity contribution in [1.29, 1.82) is 0 Å². The van der Waals surface area contributed by atoms with Gasteiger partial charge in [0.15, 0.2) is 24.5 Å². The number of hydrogen-bond acceptors (Lipinski definition) is 6. The number of likely N-dealkylation sites (tertiary alicyclic amines) is 1. The molecule has 2 bridgehead atoms. The Hall–Kier alpha value is -2.45. The van der Waals surface area contributed by atoms with E-state index in [9.17, 15) is 14.4 Å². The van der Waals surface area contributed by atoms with Gasteiger partial charge < -0.3 is 24.0 Å². The third-order valence-corrected chi connectivity index (χ3v) is 5.51. The van der Waals surface area contributed by atoms with E-state index in [1.807, 2.05) is 6.07 Å². The fourth-order valence-electron chi connectivity index (χ4n) is 4.09. The van der Waals surface area contributed by atoms with Crippen molar-refractivity contribution >= 4 is 17.8 Å². The molecule has 4 rings (SSSR count). The van der Waals surface area contributed by atoms with Crippen LogP contribution in [-0.4, -0.2) is 72.8 Å². The maximum absolute atomic E-state index is 13.2. The van der Waals surface area contributed by atoms with Crippen LogP contribution in [-0.2, 0) is 28.6 Å². The largest absolute Gasteiger partial charge is 0.467 e. The molecular formula is C20H24N2O6. The minimum Gasteiger partial charge on any atom is -0.467 e. The van der Waals surface area contributed by atoms with Crippen LogP contribution in [0.25, 0.3) is 0 Å². The molecule has 0 spiro atoms. The molecule has 3 aliphatic heterocycles. The van der Waals surface area contributed by atoms with Crippen LogP contribution in [0.1, 0.15) is 30.9 Å². The summed E-state index contributed by atoms with van der Waals surface area (Å²) in [4.78, 5) is 41.7. The number of morpholine rings is 1. The van der Waals surface area contributed by atoms with Gasteiger partial charge in [0.1, 0.15) is 0 Å². The second-order valence-corrected chi connectivity index (χ2v) is 7.26. The Morgan fingerprint density at radius 3 is 2.50 bits per heavy atom. The number of nitrogens with zero attached hydrogens (tertiary/aromatic N) is 2. The zero-order valence-electron chi connectivity index (χ0n) is 15.8. The van der Waals surface area contributed by atoms with Gasteiger partial charge in [0, 0.05) is 13.1 Å². The number of hydrogen-bond donors (Lipinski definition) is 0. The third kappa shape index (κ3) is 3.38. The van der Waals surface area contributed by atoms with Crippen molar-refractivity contribution in [3.63, 3.8) is 0 Å². The Morgan fingerprint density at radius 1 is 1.11 bits per heavy atom. The molecule has 2 amide bonds. The first-order valence-corrected chi connectivity index (χ1v) is 9.63. The predicted octanol–water partition coefficient (Wildman–Crippen LogP) is 0.865. The van der Waals surface area contributed by atoms with E-state index >= 15 is 0 Å². The molecule has 4 atom stereocenters. The summed E-state index contributed by atoms with van der Waals surface area (Å²) in [6.45, 7) is 1.40. The predicted molar refractivity (Wildman–Crippen MR) is 96.9 cm³/mol. The Morgan fingerprint density at radius 2 is 1.82 bits per heavy atom. The van der Waals surface area contributed by atoms with Crippen molar-refractivity contribution in [1.82, 2.24) is 9.80 Å². The van der Waals surface area contributed by atoms with Crippen LogP contribution >= 0.6 is 0 Å². The maximum Gasteiger partial charge on any atom is 0.333 e. The van der Waals surface area contributed by atoms with Crippen molar-refractivity contribution in [2.24, 2.45) is 0 Å². The van der Waals surface area contributed by atoms with Crippen LogP contribution in [0.4, 0.5) is 0 Å². The van der Waals surface area contributed by atoms with Crippen molar-refractivity contribution in [2.75, 3.05) is 26.7 Å². The summed E-state index contributed by atoms with van der Waals surface area (Å²) < 4.78 is 16.4. The van der Waals surface area contributed by atoms with Crippen LogP contribution in [0, 0.1) is 0 Å². The molecule has 0 radical (unpaired) electrons. The van der Waals surface area contributed by atoms with E-state index in [-0.39, 0.29) is 12.5 Å². The van der Waals surface area contributed by atoms with E-state index in [2.05, 4.69) is 0 Å². The van der Waals surface area contributed by atoms with E-state index in [0.717, 1.165) is 19.3 Å². The number of carbonyl (C=O) groups is 3. The van der Waals surface area contributed by atoms with Crippen LogP contribution in [0.2, 0.25) is 0 Å². The molecule has 3 fully saturated rings. The first-order chi connectivity index (χ1) is 13.6. The molecule has 0 aliphatic carbocycles.